The molecule has 0 aliphatic carbocycles. The first kappa shape index (κ1) is 23.9. The van der Waals surface area contributed by atoms with Crippen LogP contribution in [0.15, 0.2) is 71.6 Å². The summed E-state index contributed by atoms with van der Waals surface area (Å²) in [5, 5.41) is 5.21. The Morgan fingerprint density at radius 1 is 0.818 bits per heavy atom. The monoisotopic (exact) mass is 469 g/mol. The van der Waals surface area contributed by atoms with Crippen molar-refractivity contribution in [3.8, 4) is 0 Å². The lowest BCUT2D eigenvalue weighted by atomic mass is 10.1. The summed E-state index contributed by atoms with van der Waals surface area (Å²) in [6.45, 7) is 3.73. The van der Waals surface area contributed by atoms with E-state index in [9.17, 15) is 22.4 Å². The van der Waals surface area contributed by atoms with Gasteiger partial charge in [0.15, 0.2) is 0 Å². The number of hydrogen-bond donors (Lipinski definition) is 3. The topological polar surface area (TPSA) is 104 Å². The van der Waals surface area contributed by atoms with Crippen molar-refractivity contribution in [2.45, 2.75) is 18.7 Å². The van der Waals surface area contributed by atoms with Crippen LogP contribution < -0.4 is 15.4 Å². The molecule has 0 saturated heterocycles. The van der Waals surface area contributed by atoms with Gasteiger partial charge in [-0.2, -0.15) is 0 Å². The molecule has 0 fully saturated rings. The molecule has 3 N–H and O–H groups in total. The molecule has 3 aromatic rings. The van der Waals surface area contributed by atoms with E-state index >= 15 is 0 Å². The minimum Gasteiger partial charge on any atom is -0.350 e. The summed E-state index contributed by atoms with van der Waals surface area (Å²) in [4.78, 5) is 24.5. The Labute approximate surface area is 192 Å². The molecule has 0 saturated carbocycles. The number of carbonyl (C=O) groups is 2. The Balaban J connectivity index is 1.56. The highest BCUT2D eigenvalue weighted by molar-refractivity contribution is 7.92. The smallest absolute Gasteiger partial charge is 0.261 e. The van der Waals surface area contributed by atoms with E-state index in [1.165, 1.54) is 36.4 Å². The second-order valence-corrected chi connectivity index (χ2v) is 9.16. The SMILES string of the molecule is Cc1ccc(NS(=O)(=O)c2cccc(C(=O)NCCNC(=O)c3ccc(C)c(F)c3)c2)cc1. The number of anilines is 1. The highest BCUT2D eigenvalue weighted by atomic mass is 32.2. The van der Waals surface area contributed by atoms with E-state index in [0.29, 0.717) is 11.3 Å². The summed E-state index contributed by atoms with van der Waals surface area (Å²) >= 11 is 0. The van der Waals surface area contributed by atoms with Gasteiger partial charge in [-0.25, -0.2) is 12.8 Å². The summed E-state index contributed by atoms with van der Waals surface area (Å²) in [6, 6.07) is 16.7. The molecule has 0 aromatic heterocycles. The lowest BCUT2D eigenvalue weighted by molar-refractivity contribution is 0.0927. The molecule has 0 heterocycles. The Morgan fingerprint density at radius 3 is 2.03 bits per heavy atom. The van der Waals surface area contributed by atoms with Crippen molar-refractivity contribution in [1.29, 1.82) is 0 Å². The van der Waals surface area contributed by atoms with Crippen LogP contribution in [0.25, 0.3) is 0 Å². The Kier molecular flexibility index (Phi) is 7.44. The molecule has 2 amide bonds. The van der Waals surface area contributed by atoms with Crippen LogP contribution in [0.2, 0.25) is 0 Å². The van der Waals surface area contributed by atoms with Gasteiger partial charge in [0.25, 0.3) is 21.8 Å². The molecule has 0 atom stereocenters. The van der Waals surface area contributed by atoms with Crippen molar-refractivity contribution in [3.63, 3.8) is 0 Å². The van der Waals surface area contributed by atoms with Crippen molar-refractivity contribution in [1.82, 2.24) is 10.6 Å². The van der Waals surface area contributed by atoms with Gasteiger partial charge in [0.2, 0.25) is 0 Å². The fourth-order valence-corrected chi connectivity index (χ4v) is 4.03. The number of sulfonamides is 1. The molecule has 7 nitrogen and oxygen atoms in total. The third kappa shape index (κ3) is 6.39. The highest BCUT2D eigenvalue weighted by Crippen LogP contribution is 2.18. The maximum absolute atomic E-state index is 13.6. The van der Waals surface area contributed by atoms with E-state index in [4.69, 9.17) is 0 Å². The first-order valence-corrected chi connectivity index (χ1v) is 11.7. The molecule has 172 valence electrons. The predicted octanol–water partition coefficient (Wildman–Crippen LogP) is 3.40. The van der Waals surface area contributed by atoms with Crippen LogP contribution in [-0.2, 0) is 10.0 Å². The summed E-state index contributed by atoms with van der Waals surface area (Å²) in [7, 11) is -3.87. The number of carbonyl (C=O) groups excluding carboxylic acids is 2. The van der Waals surface area contributed by atoms with Crippen LogP contribution in [0.3, 0.4) is 0 Å². The third-order valence-electron chi connectivity index (χ3n) is 4.84. The van der Waals surface area contributed by atoms with Gasteiger partial charge in [-0.3, -0.25) is 14.3 Å². The van der Waals surface area contributed by atoms with Crippen molar-refractivity contribution in [3.05, 3.63) is 94.8 Å². The maximum atomic E-state index is 13.6. The number of hydrogen-bond acceptors (Lipinski definition) is 4. The van der Waals surface area contributed by atoms with Gasteiger partial charge < -0.3 is 10.6 Å². The highest BCUT2D eigenvalue weighted by Gasteiger charge is 2.16. The van der Waals surface area contributed by atoms with Crippen LogP contribution in [-0.4, -0.2) is 33.3 Å². The number of amides is 2. The minimum absolute atomic E-state index is 0.0505. The maximum Gasteiger partial charge on any atom is 0.261 e. The average molecular weight is 470 g/mol. The van der Waals surface area contributed by atoms with Gasteiger partial charge in [-0.05, 0) is 61.9 Å². The molecular formula is C24H24FN3O4S. The van der Waals surface area contributed by atoms with Crippen molar-refractivity contribution in [2.75, 3.05) is 17.8 Å². The first-order valence-electron chi connectivity index (χ1n) is 10.2. The lowest BCUT2D eigenvalue weighted by Crippen LogP contribution is -2.34. The Morgan fingerprint density at radius 2 is 1.42 bits per heavy atom. The van der Waals surface area contributed by atoms with E-state index in [1.54, 1.807) is 31.2 Å². The molecular weight excluding hydrogens is 445 g/mol. The zero-order chi connectivity index (χ0) is 24.0. The Bertz CT molecular complexity index is 1280. The van der Waals surface area contributed by atoms with Crippen LogP contribution in [0.5, 0.6) is 0 Å². The number of nitrogens with one attached hydrogen (secondary N) is 3. The number of rotatable bonds is 8. The normalized spacial score (nSPS) is 11.0. The second kappa shape index (κ2) is 10.3. The zero-order valence-corrected chi connectivity index (χ0v) is 19.0. The summed E-state index contributed by atoms with van der Waals surface area (Å²) < 4.78 is 41.4. The minimum atomic E-state index is -3.87. The second-order valence-electron chi connectivity index (χ2n) is 7.48. The summed E-state index contributed by atoms with van der Waals surface area (Å²) in [6.07, 6.45) is 0. The van der Waals surface area contributed by atoms with Gasteiger partial charge in [0.1, 0.15) is 5.82 Å². The van der Waals surface area contributed by atoms with Gasteiger partial charge in [-0.1, -0.05) is 29.8 Å². The molecule has 0 bridgehead atoms. The molecule has 0 aliphatic heterocycles. The van der Waals surface area contributed by atoms with Crippen molar-refractivity contribution >= 4 is 27.5 Å². The summed E-state index contributed by atoms with van der Waals surface area (Å²) in [5.41, 5.74) is 2.20. The van der Waals surface area contributed by atoms with Crippen LogP contribution in [0.4, 0.5) is 10.1 Å². The number of benzene rings is 3. The first-order chi connectivity index (χ1) is 15.7. The molecule has 33 heavy (non-hydrogen) atoms. The van der Waals surface area contributed by atoms with Gasteiger partial charge in [-0.15, -0.1) is 0 Å². The summed E-state index contributed by atoms with van der Waals surface area (Å²) in [5.74, 6) is -1.42. The van der Waals surface area contributed by atoms with Crippen LogP contribution in [0.1, 0.15) is 31.8 Å². The molecule has 9 heteroatoms. The quantitative estimate of drug-likeness (QED) is 0.440. The predicted molar refractivity (Wildman–Crippen MR) is 124 cm³/mol. The largest absolute Gasteiger partial charge is 0.350 e. The van der Waals surface area contributed by atoms with Gasteiger partial charge in [0, 0.05) is 29.9 Å². The van der Waals surface area contributed by atoms with E-state index in [0.717, 1.165) is 11.6 Å². The molecule has 3 aromatic carbocycles. The fourth-order valence-electron chi connectivity index (χ4n) is 2.93. The van der Waals surface area contributed by atoms with E-state index in [-0.39, 0.29) is 29.1 Å². The lowest BCUT2D eigenvalue weighted by Gasteiger charge is -2.11. The van der Waals surface area contributed by atoms with Gasteiger partial charge >= 0.3 is 0 Å². The fraction of sp³-hybridized carbons (Fsp3) is 0.167. The number of halogens is 1. The average Bonchev–Trinajstić information content (AvgIpc) is 2.79. The number of aryl methyl sites for hydroxylation is 2. The zero-order valence-electron chi connectivity index (χ0n) is 18.2. The third-order valence-corrected chi connectivity index (χ3v) is 6.22. The molecule has 0 spiro atoms. The van der Waals surface area contributed by atoms with E-state index in [1.807, 2.05) is 6.92 Å². The molecule has 0 aliphatic rings. The molecule has 0 unspecified atom stereocenters. The Hall–Kier alpha value is -3.72. The molecule has 0 radical (unpaired) electrons. The standard InChI is InChI=1S/C24H24FN3O4S/c1-16-6-10-20(11-7-16)28-33(31,32)21-5-3-4-18(14-21)23(29)26-12-13-27-24(30)19-9-8-17(2)22(25)15-19/h3-11,14-15,28H,12-13H2,1-2H3,(H,26,29)(H,27,30). The van der Waals surface area contributed by atoms with Gasteiger partial charge in [0.05, 0.1) is 4.90 Å². The van der Waals surface area contributed by atoms with E-state index in [2.05, 4.69) is 15.4 Å². The van der Waals surface area contributed by atoms with Crippen molar-refractivity contribution in [2.24, 2.45) is 0 Å². The van der Waals surface area contributed by atoms with Crippen LogP contribution in [0, 0.1) is 19.7 Å². The van der Waals surface area contributed by atoms with Crippen molar-refractivity contribution < 1.29 is 22.4 Å². The van der Waals surface area contributed by atoms with E-state index < -0.39 is 27.7 Å². The molecule has 3 rings (SSSR count). The van der Waals surface area contributed by atoms with Crippen LogP contribution >= 0.6 is 0 Å².